The first-order valence-electron chi connectivity index (χ1n) is 6.78. The summed E-state index contributed by atoms with van der Waals surface area (Å²) in [6.45, 7) is 2.66. The van der Waals surface area contributed by atoms with Crippen LogP contribution in [-0.2, 0) is 0 Å². The summed E-state index contributed by atoms with van der Waals surface area (Å²) < 4.78 is 0. The van der Waals surface area contributed by atoms with Crippen molar-refractivity contribution in [2.75, 3.05) is 13.6 Å². The minimum atomic E-state index is -0.0675. The van der Waals surface area contributed by atoms with Crippen LogP contribution in [0.25, 0.3) is 0 Å². The van der Waals surface area contributed by atoms with Gasteiger partial charge in [-0.15, -0.1) is 5.10 Å². The van der Waals surface area contributed by atoms with Crippen LogP contribution in [0.3, 0.4) is 0 Å². The lowest BCUT2D eigenvalue weighted by molar-refractivity contribution is 0.0742. The summed E-state index contributed by atoms with van der Waals surface area (Å²) in [7, 11) is 1.86. The van der Waals surface area contributed by atoms with E-state index in [0.29, 0.717) is 11.7 Å². The number of aromatic nitrogens is 3. The van der Waals surface area contributed by atoms with E-state index in [0.717, 1.165) is 18.4 Å². The average molecular weight is 248 g/mol. The van der Waals surface area contributed by atoms with Gasteiger partial charge in [0.25, 0.3) is 5.91 Å². The van der Waals surface area contributed by atoms with Gasteiger partial charge >= 0.3 is 0 Å². The molecule has 3 unspecified atom stereocenters. The second-order valence-corrected chi connectivity index (χ2v) is 5.87. The highest BCUT2D eigenvalue weighted by Crippen LogP contribution is 2.48. The number of H-pyrrole nitrogens is 1. The molecule has 1 aromatic heterocycles. The van der Waals surface area contributed by atoms with Gasteiger partial charge in [0, 0.05) is 13.6 Å². The van der Waals surface area contributed by atoms with Gasteiger partial charge in [-0.25, -0.2) is 4.98 Å². The molecule has 98 valence electrons. The molecule has 0 spiro atoms. The van der Waals surface area contributed by atoms with Crippen LogP contribution in [0.4, 0.5) is 0 Å². The Labute approximate surface area is 107 Å². The van der Waals surface area contributed by atoms with Crippen molar-refractivity contribution in [3.8, 4) is 0 Å². The number of hydrogen-bond donors (Lipinski definition) is 1. The van der Waals surface area contributed by atoms with E-state index in [1.165, 1.54) is 25.7 Å². The molecule has 1 aromatic rings. The molecule has 2 aliphatic carbocycles. The molecule has 1 heterocycles. The van der Waals surface area contributed by atoms with Gasteiger partial charge in [-0.3, -0.25) is 9.89 Å². The maximum absolute atomic E-state index is 12.1. The van der Waals surface area contributed by atoms with Crippen LogP contribution in [0.2, 0.25) is 0 Å². The number of carbonyl (C=O) groups excluding carboxylic acids is 1. The van der Waals surface area contributed by atoms with E-state index in [4.69, 9.17) is 0 Å². The Balaban J connectivity index is 1.61. The lowest BCUT2D eigenvalue weighted by Crippen LogP contribution is -2.34. The third-order valence-electron chi connectivity index (χ3n) is 4.53. The molecule has 0 aromatic carbocycles. The molecule has 0 aliphatic heterocycles. The van der Waals surface area contributed by atoms with Crippen LogP contribution in [0.5, 0.6) is 0 Å². The molecule has 0 radical (unpaired) electrons. The van der Waals surface area contributed by atoms with E-state index >= 15 is 0 Å². The number of hydrogen-bond acceptors (Lipinski definition) is 3. The van der Waals surface area contributed by atoms with Gasteiger partial charge in [0.05, 0.1) is 0 Å². The Morgan fingerprint density at radius 1 is 1.44 bits per heavy atom. The summed E-state index contributed by atoms with van der Waals surface area (Å²) in [6, 6.07) is 0. The predicted molar refractivity (Wildman–Crippen MR) is 67.0 cm³/mol. The quantitative estimate of drug-likeness (QED) is 0.884. The monoisotopic (exact) mass is 248 g/mol. The van der Waals surface area contributed by atoms with Crippen molar-refractivity contribution in [1.29, 1.82) is 0 Å². The number of nitrogens with zero attached hydrogens (tertiary/aromatic N) is 3. The summed E-state index contributed by atoms with van der Waals surface area (Å²) in [6.07, 6.45) is 5.44. The molecule has 2 aliphatic rings. The first kappa shape index (κ1) is 11.7. The van der Waals surface area contributed by atoms with Gasteiger partial charge in [0.2, 0.25) is 5.82 Å². The first-order chi connectivity index (χ1) is 8.63. The van der Waals surface area contributed by atoms with Gasteiger partial charge in [-0.2, -0.15) is 0 Å². The second kappa shape index (κ2) is 4.37. The standard InChI is InChI=1S/C13H20N4O/c1-8-14-12(16-15-8)13(18)17(2)7-11-6-9-3-4-10(11)5-9/h9-11H,3-7H2,1-2H3,(H,14,15,16). The third-order valence-corrected chi connectivity index (χ3v) is 4.53. The van der Waals surface area contributed by atoms with Crippen LogP contribution < -0.4 is 0 Å². The third kappa shape index (κ3) is 2.02. The molecular weight excluding hydrogens is 228 g/mol. The Hall–Kier alpha value is -1.39. The van der Waals surface area contributed by atoms with Crippen LogP contribution in [0.15, 0.2) is 0 Å². The molecule has 1 amide bonds. The molecule has 18 heavy (non-hydrogen) atoms. The molecule has 3 rings (SSSR count). The zero-order chi connectivity index (χ0) is 12.7. The molecule has 0 saturated heterocycles. The van der Waals surface area contributed by atoms with E-state index in [1.54, 1.807) is 11.8 Å². The van der Waals surface area contributed by atoms with Crippen molar-refractivity contribution in [2.24, 2.45) is 17.8 Å². The van der Waals surface area contributed by atoms with E-state index in [2.05, 4.69) is 15.2 Å². The van der Waals surface area contributed by atoms with Crippen LogP contribution in [-0.4, -0.2) is 39.6 Å². The van der Waals surface area contributed by atoms with Crippen molar-refractivity contribution in [3.63, 3.8) is 0 Å². The molecule has 2 bridgehead atoms. The van der Waals surface area contributed by atoms with Gasteiger partial charge in [0.1, 0.15) is 5.82 Å². The first-order valence-corrected chi connectivity index (χ1v) is 6.78. The zero-order valence-corrected chi connectivity index (χ0v) is 11.0. The summed E-state index contributed by atoms with van der Waals surface area (Å²) in [4.78, 5) is 18.0. The second-order valence-electron chi connectivity index (χ2n) is 5.87. The Bertz CT molecular complexity index is 456. The zero-order valence-electron chi connectivity index (χ0n) is 11.0. The average Bonchev–Trinajstić information content (AvgIpc) is 3.03. The van der Waals surface area contributed by atoms with Crippen molar-refractivity contribution >= 4 is 5.91 Å². The number of amides is 1. The van der Waals surface area contributed by atoms with E-state index in [1.807, 2.05) is 7.05 Å². The Morgan fingerprint density at radius 2 is 2.28 bits per heavy atom. The van der Waals surface area contributed by atoms with E-state index in [9.17, 15) is 4.79 Å². The fourth-order valence-corrected chi connectivity index (χ4v) is 3.64. The lowest BCUT2D eigenvalue weighted by Gasteiger charge is -2.26. The largest absolute Gasteiger partial charge is 0.339 e. The summed E-state index contributed by atoms with van der Waals surface area (Å²) in [5.74, 6) is 3.37. The molecule has 5 heteroatoms. The van der Waals surface area contributed by atoms with Crippen molar-refractivity contribution in [2.45, 2.75) is 32.6 Å². The fourth-order valence-electron chi connectivity index (χ4n) is 3.64. The lowest BCUT2D eigenvalue weighted by atomic mass is 9.88. The van der Waals surface area contributed by atoms with E-state index < -0.39 is 0 Å². The summed E-state index contributed by atoms with van der Waals surface area (Å²) in [5, 5.41) is 6.65. The number of rotatable bonds is 3. The normalized spacial score (nSPS) is 29.8. The number of nitrogens with one attached hydrogen (secondary N) is 1. The SMILES string of the molecule is Cc1nc(C(=O)N(C)CC2CC3CCC2C3)n[nH]1. The number of aromatic amines is 1. The molecule has 3 atom stereocenters. The van der Waals surface area contributed by atoms with Gasteiger partial charge < -0.3 is 4.90 Å². The van der Waals surface area contributed by atoms with Crippen molar-refractivity contribution in [1.82, 2.24) is 20.1 Å². The Kier molecular flexibility index (Phi) is 2.84. The van der Waals surface area contributed by atoms with Gasteiger partial charge in [0.15, 0.2) is 0 Å². The number of fused-ring (bicyclic) bond motifs is 2. The molecule has 1 N–H and O–H groups in total. The highest BCUT2D eigenvalue weighted by Gasteiger charge is 2.40. The summed E-state index contributed by atoms with van der Waals surface area (Å²) >= 11 is 0. The maximum Gasteiger partial charge on any atom is 0.293 e. The van der Waals surface area contributed by atoms with Crippen LogP contribution in [0, 0.1) is 24.7 Å². The highest BCUT2D eigenvalue weighted by molar-refractivity contribution is 5.90. The van der Waals surface area contributed by atoms with Crippen molar-refractivity contribution < 1.29 is 4.79 Å². The van der Waals surface area contributed by atoms with Crippen molar-refractivity contribution in [3.05, 3.63) is 11.6 Å². The highest BCUT2D eigenvalue weighted by atomic mass is 16.2. The fraction of sp³-hybridized carbons (Fsp3) is 0.769. The van der Waals surface area contributed by atoms with Crippen LogP contribution >= 0.6 is 0 Å². The maximum atomic E-state index is 12.1. The van der Waals surface area contributed by atoms with Crippen LogP contribution in [0.1, 0.15) is 42.1 Å². The predicted octanol–water partition coefficient (Wildman–Crippen LogP) is 1.62. The van der Waals surface area contributed by atoms with E-state index in [-0.39, 0.29) is 11.7 Å². The smallest absolute Gasteiger partial charge is 0.293 e. The molecule has 2 saturated carbocycles. The molecule has 2 fully saturated rings. The Morgan fingerprint density at radius 3 is 2.83 bits per heavy atom. The minimum absolute atomic E-state index is 0.0675. The number of carbonyl (C=O) groups is 1. The topological polar surface area (TPSA) is 61.9 Å². The summed E-state index contributed by atoms with van der Waals surface area (Å²) in [5.41, 5.74) is 0. The molecular formula is C13H20N4O. The minimum Gasteiger partial charge on any atom is -0.339 e. The van der Waals surface area contributed by atoms with Gasteiger partial charge in [-0.1, -0.05) is 6.42 Å². The molecule has 5 nitrogen and oxygen atoms in total. The number of aryl methyl sites for hydroxylation is 1. The van der Waals surface area contributed by atoms with Gasteiger partial charge in [-0.05, 0) is 43.9 Å².